The first-order chi connectivity index (χ1) is 9.06. The van der Waals surface area contributed by atoms with Crippen molar-refractivity contribution in [3.8, 4) is 0 Å². The smallest absolute Gasteiger partial charge is 0.146 e. The average Bonchev–Trinajstić information content (AvgIpc) is 2.69. The molecule has 106 valence electrons. The van der Waals surface area contributed by atoms with Gasteiger partial charge in [0.1, 0.15) is 5.82 Å². The first-order valence-electron chi connectivity index (χ1n) is 7.32. The second-order valence-electron chi connectivity index (χ2n) is 5.99. The summed E-state index contributed by atoms with van der Waals surface area (Å²) in [5, 5.41) is 3.38. The van der Waals surface area contributed by atoms with Crippen molar-refractivity contribution in [2.24, 2.45) is 0 Å². The van der Waals surface area contributed by atoms with Gasteiger partial charge in [-0.05, 0) is 51.3 Å². The maximum Gasteiger partial charge on any atom is 0.146 e. The Morgan fingerprint density at radius 1 is 1.37 bits per heavy atom. The van der Waals surface area contributed by atoms with Gasteiger partial charge in [0.15, 0.2) is 0 Å². The number of nitrogens with one attached hydrogen (secondary N) is 1. The van der Waals surface area contributed by atoms with Gasteiger partial charge in [0.2, 0.25) is 0 Å². The van der Waals surface area contributed by atoms with E-state index in [9.17, 15) is 4.39 Å². The van der Waals surface area contributed by atoms with Crippen LogP contribution in [0.4, 0.5) is 10.1 Å². The van der Waals surface area contributed by atoms with E-state index >= 15 is 0 Å². The van der Waals surface area contributed by atoms with Gasteiger partial charge in [0.25, 0.3) is 0 Å². The Morgan fingerprint density at radius 2 is 2.16 bits per heavy atom. The lowest BCUT2D eigenvalue weighted by molar-refractivity contribution is 0.503. The van der Waals surface area contributed by atoms with Gasteiger partial charge >= 0.3 is 0 Å². The van der Waals surface area contributed by atoms with Crippen LogP contribution in [0.2, 0.25) is 0 Å². The molecule has 19 heavy (non-hydrogen) atoms. The number of anilines is 1. The van der Waals surface area contributed by atoms with Gasteiger partial charge in [-0.25, -0.2) is 4.39 Å². The number of rotatable bonds is 5. The monoisotopic (exact) mass is 264 g/mol. The maximum absolute atomic E-state index is 14.3. The quantitative estimate of drug-likeness (QED) is 0.816. The standard InChI is InChI=1S/C16H25FN2/c1-4-10-18-12-13-7-5-8-14(17)15(13)19-11-6-9-16(19,2)3/h5,7-8,18H,4,6,9-12H2,1-3H3. The minimum Gasteiger partial charge on any atom is -0.364 e. The predicted molar refractivity (Wildman–Crippen MR) is 79.1 cm³/mol. The Labute approximate surface area is 116 Å². The molecule has 0 aromatic heterocycles. The summed E-state index contributed by atoms with van der Waals surface area (Å²) in [5.74, 6) is -0.0919. The van der Waals surface area contributed by atoms with Crippen LogP contribution in [0.25, 0.3) is 0 Å². The number of nitrogens with zero attached hydrogens (tertiary/aromatic N) is 1. The van der Waals surface area contributed by atoms with Gasteiger partial charge < -0.3 is 10.2 Å². The lowest BCUT2D eigenvalue weighted by Gasteiger charge is -2.35. The molecule has 0 saturated carbocycles. The molecule has 2 rings (SSSR count). The van der Waals surface area contributed by atoms with Crippen LogP contribution in [0.1, 0.15) is 45.6 Å². The fourth-order valence-corrected chi connectivity index (χ4v) is 2.93. The van der Waals surface area contributed by atoms with Crippen LogP contribution in [0.5, 0.6) is 0 Å². The number of benzene rings is 1. The van der Waals surface area contributed by atoms with Crippen molar-refractivity contribution in [1.82, 2.24) is 5.32 Å². The van der Waals surface area contributed by atoms with Gasteiger partial charge in [-0.3, -0.25) is 0 Å². The van der Waals surface area contributed by atoms with Crippen LogP contribution >= 0.6 is 0 Å². The highest BCUT2D eigenvalue weighted by Gasteiger charge is 2.34. The average molecular weight is 264 g/mol. The summed E-state index contributed by atoms with van der Waals surface area (Å²) >= 11 is 0. The molecule has 1 aliphatic rings. The van der Waals surface area contributed by atoms with Crippen LogP contribution in [0.15, 0.2) is 18.2 Å². The van der Waals surface area contributed by atoms with E-state index in [2.05, 4.69) is 31.0 Å². The molecule has 0 atom stereocenters. The molecule has 1 fully saturated rings. The Kier molecular flexibility index (Phi) is 4.46. The summed E-state index contributed by atoms with van der Waals surface area (Å²) in [7, 11) is 0. The maximum atomic E-state index is 14.3. The molecule has 1 aromatic carbocycles. The predicted octanol–water partition coefficient (Wildman–Crippen LogP) is 3.70. The lowest BCUT2D eigenvalue weighted by Crippen LogP contribution is -2.39. The largest absolute Gasteiger partial charge is 0.364 e. The zero-order valence-corrected chi connectivity index (χ0v) is 12.3. The third kappa shape index (κ3) is 3.08. The van der Waals surface area contributed by atoms with E-state index in [1.54, 1.807) is 6.07 Å². The van der Waals surface area contributed by atoms with Crippen molar-refractivity contribution in [1.29, 1.82) is 0 Å². The van der Waals surface area contributed by atoms with Crippen LogP contribution in [0.3, 0.4) is 0 Å². The van der Waals surface area contributed by atoms with Crippen molar-refractivity contribution in [3.63, 3.8) is 0 Å². The lowest BCUT2D eigenvalue weighted by atomic mass is 10.0. The molecule has 0 unspecified atom stereocenters. The second-order valence-corrected chi connectivity index (χ2v) is 5.99. The summed E-state index contributed by atoms with van der Waals surface area (Å²) in [4.78, 5) is 2.24. The molecule has 0 bridgehead atoms. The summed E-state index contributed by atoms with van der Waals surface area (Å²) in [6.07, 6.45) is 3.37. The molecule has 3 heteroatoms. The Bertz CT molecular complexity index is 429. The second kappa shape index (κ2) is 5.91. The molecule has 0 spiro atoms. The molecule has 2 nitrogen and oxygen atoms in total. The molecule has 1 N–H and O–H groups in total. The van der Waals surface area contributed by atoms with Gasteiger partial charge in [0.05, 0.1) is 5.69 Å². The fourth-order valence-electron chi connectivity index (χ4n) is 2.93. The van der Waals surface area contributed by atoms with E-state index in [0.717, 1.165) is 50.1 Å². The number of hydrogen-bond donors (Lipinski definition) is 1. The molecule has 1 saturated heterocycles. The first kappa shape index (κ1) is 14.3. The summed E-state index contributed by atoms with van der Waals surface area (Å²) in [6, 6.07) is 5.42. The zero-order chi connectivity index (χ0) is 13.9. The molecule has 0 amide bonds. The molecule has 1 aromatic rings. The third-order valence-corrected chi connectivity index (χ3v) is 3.98. The van der Waals surface area contributed by atoms with Crippen LogP contribution < -0.4 is 10.2 Å². The summed E-state index contributed by atoms with van der Waals surface area (Å²) in [6.45, 7) is 9.22. The highest BCUT2D eigenvalue weighted by Crippen LogP contribution is 2.37. The van der Waals surface area contributed by atoms with E-state index in [-0.39, 0.29) is 11.4 Å². The molecule has 1 aliphatic heterocycles. The highest BCUT2D eigenvalue weighted by molar-refractivity contribution is 5.57. The first-order valence-corrected chi connectivity index (χ1v) is 7.32. The van der Waals surface area contributed by atoms with Gasteiger partial charge in [-0.1, -0.05) is 19.1 Å². The van der Waals surface area contributed by atoms with Crippen molar-refractivity contribution in [3.05, 3.63) is 29.6 Å². The van der Waals surface area contributed by atoms with E-state index < -0.39 is 0 Å². The third-order valence-electron chi connectivity index (χ3n) is 3.98. The van der Waals surface area contributed by atoms with Gasteiger partial charge in [-0.2, -0.15) is 0 Å². The van der Waals surface area contributed by atoms with Crippen molar-refractivity contribution < 1.29 is 4.39 Å². The molecular formula is C16H25FN2. The Hall–Kier alpha value is -1.09. The van der Waals surface area contributed by atoms with Crippen LogP contribution in [-0.2, 0) is 6.54 Å². The number of para-hydroxylation sites is 1. The molecule has 0 radical (unpaired) electrons. The number of halogens is 1. The van der Waals surface area contributed by atoms with Crippen molar-refractivity contribution >= 4 is 5.69 Å². The zero-order valence-electron chi connectivity index (χ0n) is 12.3. The fraction of sp³-hybridized carbons (Fsp3) is 0.625. The van der Waals surface area contributed by atoms with Gasteiger partial charge in [-0.15, -0.1) is 0 Å². The van der Waals surface area contributed by atoms with Crippen LogP contribution in [-0.4, -0.2) is 18.6 Å². The topological polar surface area (TPSA) is 15.3 Å². The molecular weight excluding hydrogens is 239 g/mol. The SMILES string of the molecule is CCCNCc1cccc(F)c1N1CCCC1(C)C. The highest BCUT2D eigenvalue weighted by atomic mass is 19.1. The summed E-state index contributed by atoms with van der Waals surface area (Å²) < 4.78 is 14.3. The van der Waals surface area contributed by atoms with E-state index in [4.69, 9.17) is 0 Å². The van der Waals surface area contributed by atoms with Crippen molar-refractivity contribution in [2.45, 2.75) is 52.1 Å². The van der Waals surface area contributed by atoms with Crippen LogP contribution in [0, 0.1) is 5.82 Å². The molecule has 1 heterocycles. The Balaban J connectivity index is 2.27. The minimum absolute atomic E-state index is 0.0572. The Morgan fingerprint density at radius 3 is 2.79 bits per heavy atom. The number of hydrogen-bond acceptors (Lipinski definition) is 2. The summed E-state index contributed by atoms with van der Waals surface area (Å²) in [5.41, 5.74) is 1.93. The van der Waals surface area contributed by atoms with E-state index in [1.165, 1.54) is 0 Å². The van der Waals surface area contributed by atoms with E-state index in [1.807, 2.05) is 12.1 Å². The molecule has 0 aliphatic carbocycles. The normalized spacial score (nSPS) is 18.0. The van der Waals surface area contributed by atoms with Gasteiger partial charge in [0, 0.05) is 18.6 Å². The minimum atomic E-state index is -0.0919. The van der Waals surface area contributed by atoms with Crippen molar-refractivity contribution in [2.75, 3.05) is 18.0 Å². The van der Waals surface area contributed by atoms with E-state index in [0.29, 0.717) is 0 Å².